The van der Waals surface area contributed by atoms with Crippen LogP contribution in [-0.2, 0) is 10.0 Å². The van der Waals surface area contributed by atoms with Crippen LogP contribution in [-0.4, -0.2) is 25.4 Å². The molecule has 0 saturated heterocycles. The van der Waals surface area contributed by atoms with Gasteiger partial charge >= 0.3 is 0 Å². The zero-order chi connectivity index (χ0) is 17.3. The maximum absolute atomic E-state index is 13.9. The second-order valence-corrected chi connectivity index (χ2v) is 7.43. The summed E-state index contributed by atoms with van der Waals surface area (Å²) in [7, 11) is -3.95. The van der Waals surface area contributed by atoms with Crippen LogP contribution in [0.3, 0.4) is 0 Å². The van der Waals surface area contributed by atoms with Crippen molar-refractivity contribution in [3.05, 3.63) is 53.6 Å². The van der Waals surface area contributed by atoms with Gasteiger partial charge in [-0.05, 0) is 49.6 Å². The van der Waals surface area contributed by atoms with Crippen molar-refractivity contribution < 1.29 is 17.6 Å². The fourth-order valence-electron chi connectivity index (χ4n) is 2.15. The minimum Gasteiger partial charge on any atom is -0.322 e. The molecule has 1 amide bonds. The molecule has 1 fully saturated rings. The lowest BCUT2D eigenvalue weighted by molar-refractivity contribution is 0.102. The van der Waals surface area contributed by atoms with Gasteiger partial charge in [-0.3, -0.25) is 9.78 Å². The van der Waals surface area contributed by atoms with Gasteiger partial charge in [-0.1, -0.05) is 0 Å². The molecule has 1 heterocycles. The molecular weight excluding hydrogens is 333 g/mol. The van der Waals surface area contributed by atoms with E-state index in [2.05, 4.69) is 15.0 Å². The molecule has 1 aliphatic rings. The molecule has 3 rings (SSSR count). The third-order valence-electron chi connectivity index (χ3n) is 3.51. The molecule has 2 aromatic rings. The second-order valence-electron chi connectivity index (χ2n) is 5.75. The number of hydrogen-bond donors (Lipinski definition) is 2. The summed E-state index contributed by atoms with van der Waals surface area (Å²) in [6, 6.07) is 4.96. The summed E-state index contributed by atoms with van der Waals surface area (Å²) in [5.41, 5.74) is 1.34. The van der Waals surface area contributed by atoms with Gasteiger partial charge in [0.25, 0.3) is 5.91 Å². The number of hydrogen-bond acceptors (Lipinski definition) is 4. The number of carbonyl (C=O) groups is 1. The number of carbonyl (C=O) groups excluding carboxylic acids is 1. The van der Waals surface area contributed by atoms with Crippen molar-refractivity contribution in [2.45, 2.75) is 30.7 Å². The van der Waals surface area contributed by atoms with Gasteiger partial charge in [-0.25, -0.2) is 17.5 Å². The first-order valence-corrected chi connectivity index (χ1v) is 8.88. The monoisotopic (exact) mass is 349 g/mol. The van der Waals surface area contributed by atoms with Gasteiger partial charge in [0.1, 0.15) is 10.7 Å². The number of rotatable bonds is 5. The lowest BCUT2D eigenvalue weighted by Gasteiger charge is -2.10. The maximum Gasteiger partial charge on any atom is 0.257 e. The van der Waals surface area contributed by atoms with Gasteiger partial charge in [0.15, 0.2) is 0 Å². The van der Waals surface area contributed by atoms with Crippen LogP contribution in [0, 0.1) is 12.7 Å². The van der Waals surface area contributed by atoms with E-state index in [1.165, 1.54) is 12.3 Å². The highest BCUT2D eigenvalue weighted by Crippen LogP contribution is 2.25. The maximum atomic E-state index is 13.9. The van der Waals surface area contributed by atoms with Gasteiger partial charge in [0.05, 0.1) is 5.56 Å². The summed E-state index contributed by atoms with van der Waals surface area (Å²) in [5.74, 6) is -1.31. The highest BCUT2D eigenvalue weighted by atomic mass is 32.2. The number of aromatic nitrogens is 1. The number of aryl methyl sites for hydroxylation is 1. The normalized spacial score (nSPS) is 14.4. The van der Waals surface area contributed by atoms with Gasteiger partial charge in [0, 0.05) is 24.1 Å². The minimum absolute atomic E-state index is 0.133. The lowest BCUT2D eigenvalue weighted by atomic mass is 10.2. The summed E-state index contributed by atoms with van der Waals surface area (Å²) in [5, 5.41) is 2.56. The number of anilines is 1. The van der Waals surface area contributed by atoms with Crippen molar-refractivity contribution in [2.75, 3.05) is 5.32 Å². The predicted octanol–water partition coefficient (Wildman–Crippen LogP) is 2.22. The molecule has 1 aromatic carbocycles. The van der Waals surface area contributed by atoms with E-state index in [1.54, 1.807) is 19.2 Å². The smallest absolute Gasteiger partial charge is 0.257 e. The van der Waals surface area contributed by atoms with Crippen molar-refractivity contribution >= 4 is 21.6 Å². The quantitative estimate of drug-likeness (QED) is 0.866. The molecule has 1 saturated carbocycles. The molecular formula is C16H16FN3O3S. The van der Waals surface area contributed by atoms with Crippen molar-refractivity contribution in [3.8, 4) is 0 Å². The Labute approximate surface area is 139 Å². The van der Waals surface area contributed by atoms with Gasteiger partial charge in [-0.15, -0.1) is 0 Å². The average molecular weight is 349 g/mol. The van der Waals surface area contributed by atoms with Crippen molar-refractivity contribution in [2.24, 2.45) is 0 Å². The molecule has 0 radical (unpaired) electrons. The van der Waals surface area contributed by atoms with E-state index in [0.29, 0.717) is 5.56 Å². The zero-order valence-corrected chi connectivity index (χ0v) is 13.7. The molecule has 0 aliphatic heterocycles. The fraction of sp³-hybridized carbons (Fsp3) is 0.250. The topological polar surface area (TPSA) is 88.2 Å². The Morgan fingerprint density at radius 3 is 2.67 bits per heavy atom. The average Bonchev–Trinajstić information content (AvgIpc) is 3.32. The molecule has 0 unspecified atom stereocenters. The van der Waals surface area contributed by atoms with Crippen molar-refractivity contribution in [1.29, 1.82) is 0 Å². The molecule has 126 valence electrons. The van der Waals surface area contributed by atoms with Crippen molar-refractivity contribution in [3.63, 3.8) is 0 Å². The third kappa shape index (κ3) is 3.77. The Balaban J connectivity index is 1.84. The highest BCUT2D eigenvalue weighted by Gasteiger charge is 2.29. The SMILES string of the molecule is Cc1cncc(C(=O)Nc2ccc(F)c(S(=O)(=O)NC3CC3)c2)c1. The molecule has 2 N–H and O–H groups in total. The summed E-state index contributed by atoms with van der Waals surface area (Å²) >= 11 is 0. The standard InChI is InChI=1S/C16H16FN3O3S/c1-10-6-11(9-18-8-10)16(21)19-13-4-5-14(17)15(7-13)24(22,23)20-12-2-3-12/h4-9,12,20H,2-3H2,1H3,(H,19,21). The van der Waals surface area contributed by atoms with E-state index in [4.69, 9.17) is 0 Å². The number of nitrogens with one attached hydrogen (secondary N) is 2. The fourth-order valence-corrected chi connectivity index (χ4v) is 3.56. The molecule has 0 atom stereocenters. The predicted molar refractivity (Wildman–Crippen MR) is 86.7 cm³/mol. The van der Waals surface area contributed by atoms with E-state index in [1.807, 2.05) is 0 Å². The summed E-state index contributed by atoms with van der Waals surface area (Å²) < 4.78 is 40.7. The van der Waals surface area contributed by atoms with E-state index in [0.717, 1.165) is 30.5 Å². The second kappa shape index (κ2) is 6.29. The van der Waals surface area contributed by atoms with Crippen LogP contribution in [0.15, 0.2) is 41.6 Å². The Hall–Kier alpha value is -2.32. The van der Waals surface area contributed by atoms with Crippen LogP contribution in [0.1, 0.15) is 28.8 Å². The number of sulfonamides is 1. The first-order chi connectivity index (χ1) is 11.3. The first kappa shape index (κ1) is 16.5. The van der Waals surface area contributed by atoms with Gasteiger partial charge in [0.2, 0.25) is 10.0 Å². The zero-order valence-electron chi connectivity index (χ0n) is 12.9. The van der Waals surface area contributed by atoms with E-state index in [9.17, 15) is 17.6 Å². The number of halogens is 1. The third-order valence-corrected chi connectivity index (χ3v) is 5.05. The molecule has 0 bridgehead atoms. The summed E-state index contributed by atoms with van der Waals surface area (Å²) in [6.07, 6.45) is 4.51. The molecule has 1 aliphatic carbocycles. The minimum atomic E-state index is -3.95. The summed E-state index contributed by atoms with van der Waals surface area (Å²) in [6.45, 7) is 1.80. The molecule has 6 nitrogen and oxygen atoms in total. The molecule has 24 heavy (non-hydrogen) atoms. The number of pyridine rings is 1. The van der Waals surface area contributed by atoms with E-state index >= 15 is 0 Å². The lowest BCUT2D eigenvalue weighted by Crippen LogP contribution is -2.26. The molecule has 8 heteroatoms. The Bertz CT molecular complexity index is 895. The Morgan fingerprint density at radius 1 is 1.25 bits per heavy atom. The van der Waals surface area contributed by atoms with Crippen LogP contribution in [0.4, 0.5) is 10.1 Å². The van der Waals surface area contributed by atoms with Crippen LogP contribution in [0.2, 0.25) is 0 Å². The van der Waals surface area contributed by atoms with Crippen molar-refractivity contribution in [1.82, 2.24) is 9.71 Å². The van der Waals surface area contributed by atoms with Crippen LogP contribution >= 0.6 is 0 Å². The first-order valence-electron chi connectivity index (χ1n) is 7.40. The van der Waals surface area contributed by atoms with Crippen LogP contribution in [0.25, 0.3) is 0 Å². The Kier molecular flexibility index (Phi) is 4.33. The largest absolute Gasteiger partial charge is 0.322 e. The van der Waals surface area contributed by atoms with Crippen LogP contribution < -0.4 is 10.0 Å². The number of amides is 1. The summed E-state index contributed by atoms with van der Waals surface area (Å²) in [4.78, 5) is 15.6. The van der Waals surface area contributed by atoms with Gasteiger partial charge < -0.3 is 5.32 Å². The van der Waals surface area contributed by atoms with Crippen LogP contribution in [0.5, 0.6) is 0 Å². The van der Waals surface area contributed by atoms with E-state index < -0.39 is 26.6 Å². The number of nitrogens with zero attached hydrogens (tertiary/aromatic N) is 1. The number of benzene rings is 1. The molecule has 0 spiro atoms. The van der Waals surface area contributed by atoms with E-state index in [-0.39, 0.29) is 11.7 Å². The Morgan fingerprint density at radius 2 is 2.00 bits per heavy atom. The molecule has 1 aromatic heterocycles. The van der Waals surface area contributed by atoms with Gasteiger partial charge in [-0.2, -0.15) is 0 Å². The highest BCUT2D eigenvalue weighted by molar-refractivity contribution is 7.89.